The number of tetrazole rings is 1. The standard InChI is InChI=1S/C16H24N4O2S/c1-9-12-6-10(16(12,2)3)7-13(9)22-14(21)8-23-15-17-18-19-20(15)11-4-5-11/h9-13H,4-8H2,1-3H3. The largest absolute Gasteiger partial charge is 0.461 e. The molecule has 1 aromatic rings. The monoisotopic (exact) mass is 336 g/mol. The van der Waals surface area contributed by atoms with Gasteiger partial charge in [0.25, 0.3) is 0 Å². The molecule has 1 heterocycles. The Morgan fingerprint density at radius 3 is 2.83 bits per heavy atom. The van der Waals surface area contributed by atoms with Crippen molar-refractivity contribution in [3.05, 3.63) is 0 Å². The maximum absolute atomic E-state index is 12.2. The zero-order valence-electron chi connectivity index (χ0n) is 13.9. The van der Waals surface area contributed by atoms with Crippen LogP contribution in [0.5, 0.6) is 0 Å². The van der Waals surface area contributed by atoms with Crippen molar-refractivity contribution in [1.29, 1.82) is 0 Å². The number of aromatic nitrogens is 4. The maximum Gasteiger partial charge on any atom is 0.316 e. The van der Waals surface area contributed by atoms with Gasteiger partial charge in [-0.15, -0.1) is 5.10 Å². The Labute approximate surface area is 140 Å². The van der Waals surface area contributed by atoms with E-state index in [0.29, 0.717) is 29.2 Å². The van der Waals surface area contributed by atoms with Crippen molar-refractivity contribution in [3.63, 3.8) is 0 Å². The van der Waals surface area contributed by atoms with Crippen molar-refractivity contribution >= 4 is 17.7 Å². The zero-order chi connectivity index (χ0) is 16.2. The molecule has 0 saturated heterocycles. The number of thioether (sulfide) groups is 1. The van der Waals surface area contributed by atoms with Crippen LogP contribution in [0.1, 0.15) is 52.5 Å². The summed E-state index contributed by atoms with van der Waals surface area (Å²) in [6, 6.07) is 0.427. The summed E-state index contributed by atoms with van der Waals surface area (Å²) < 4.78 is 7.61. The van der Waals surface area contributed by atoms with Gasteiger partial charge in [0.2, 0.25) is 5.16 Å². The van der Waals surface area contributed by atoms with Gasteiger partial charge in [0.1, 0.15) is 6.10 Å². The molecule has 0 amide bonds. The molecule has 0 N–H and O–H groups in total. The molecule has 4 aliphatic rings. The van der Waals surface area contributed by atoms with Crippen LogP contribution >= 0.6 is 11.8 Å². The van der Waals surface area contributed by atoms with E-state index in [-0.39, 0.29) is 17.8 Å². The molecule has 1 aromatic heterocycles. The first-order valence-electron chi connectivity index (χ1n) is 8.57. The summed E-state index contributed by atoms with van der Waals surface area (Å²) in [5, 5.41) is 12.4. The van der Waals surface area contributed by atoms with Crippen LogP contribution in [0, 0.1) is 23.2 Å². The van der Waals surface area contributed by atoms with Crippen LogP contribution in [0.4, 0.5) is 0 Å². The van der Waals surface area contributed by atoms with E-state index in [2.05, 4.69) is 36.3 Å². The number of ether oxygens (including phenoxy) is 1. The molecule has 4 saturated carbocycles. The van der Waals surface area contributed by atoms with E-state index >= 15 is 0 Å². The molecule has 4 unspecified atom stereocenters. The fourth-order valence-corrected chi connectivity index (χ4v) is 5.14. The summed E-state index contributed by atoms with van der Waals surface area (Å²) in [5.41, 5.74) is 0.420. The average Bonchev–Trinajstić information content (AvgIpc) is 3.25. The lowest BCUT2D eigenvalue weighted by molar-refractivity contribution is -0.183. The van der Waals surface area contributed by atoms with Crippen molar-refractivity contribution in [2.45, 2.75) is 63.8 Å². The van der Waals surface area contributed by atoms with E-state index in [1.54, 1.807) is 0 Å². The number of nitrogens with zero attached hydrogens (tertiary/aromatic N) is 4. The highest BCUT2D eigenvalue weighted by molar-refractivity contribution is 7.99. The molecule has 6 nitrogen and oxygen atoms in total. The minimum absolute atomic E-state index is 0.0827. The Balaban J connectivity index is 1.30. The third kappa shape index (κ3) is 2.66. The lowest BCUT2D eigenvalue weighted by atomic mass is 9.45. The van der Waals surface area contributed by atoms with Gasteiger partial charge in [-0.05, 0) is 59.3 Å². The minimum Gasteiger partial charge on any atom is -0.461 e. The molecule has 5 rings (SSSR count). The molecule has 0 spiro atoms. The van der Waals surface area contributed by atoms with E-state index in [1.807, 2.05) is 4.68 Å². The average molecular weight is 336 g/mol. The quantitative estimate of drug-likeness (QED) is 0.608. The molecule has 4 atom stereocenters. The molecule has 7 heteroatoms. The van der Waals surface area contributed by atoms with Gasteiger partial charge in [0, 0.05) is 0 Å². The summed E-state index contributed by atoms with van der Waals surface area (Å²) in [4.78, 5) is 12.2. The van der Waals surface area contributed by atoms with Crippen LogP contribution in [0.25, 0.3) is 0 Å². The number of carbonyl (C=O) groups is 1. The maximum atomic E-state index is 12.2. The normalized spacial score (nSPS) is 34.7. The number of hydrogen-bond donors (Lipinski definition) is 0. The second kappa shape index (κ2) is 5.46. The zero-order valence-corrected chi connectivity index (χ0v) is 14.8. The molecule has 2 bridgehead atoms. The molecule has 0 radical (unpaired) electrons. The van der Waals surface area contributed by atoms with Crippen LogP contribution in [-0.4, -0.2) is 38.0 Å². The lowest BCUT2D eigenvalue weighted by Crippen LogP contribution is -2.57. The molecule has 4 fully saturated rings. The van der Waals surface area contributed by atoms with Gasteiger partial charge in [0.15, 0.2) is 0 Å². The van der Waals surface area contributed by atoms with E-state index in [9.17, 15) is 4.79 Å². The predicted molar refractivity (Wildman–Crippen MR) is 85.9 cm³/mol. The van der Waals surface area contributed by atoms with E-state index in [0.717, 1.165) is 24.4 Å². The Morgan fingerprint density at radius 1 is 1.39 bits per heavy atom. The summed E-state index contributed by atoms with van der Waals surface area (Å²) in [5.74, 6) is 2.00. The Morgan fingerprint density at radius 2 is 2.17 bits per heavy atom. The summed E-state index contributed by atoms with van der Waals surface area (Å²) in [6.07, 6.45) is 4.65. The van der Waals surface area contributed by atoms with Gasteiger partial charge in [-0.25, -0.2) is 4.68 Å². The van der Waals surface area contributed by atoms with Crippen LogP contribution in [-0.2, 0) is 9.53 Å². The van der Waals surface area contributed by atoms with Crippen LogP contribution in [0.2, 0.25) is 0 Å². The Bertz CT molecular complexity index is 613. The smallest absolute Gasteiger partial charge is 0.316 e. The fourth-order valence-electron chi connectivity index (χ4n) is 4.41. The summed E-state index contributed by atoms with van der Waals surface area (Å²) in [6.45, 7) is 6.95. The molecular formula is C16H24N4O2S. The van der Waals surface area contributed by atoms with E-state index < -0.39 is 0 Å². The van der Waals surface area contributed by atoms with Crippen molar-refractivity contribution in [2.75, 3.05) is 5.75 Å². The number of fused-ring (bicyclic) bond motifs is 2. The second-order valence-electron chi connectivity index (χ2n) is 7.91. The van der Waals surface area contributed by atoms with Gasteiger partial charge in [0.05, 0.1) is 11.8 Å². The van der Waals surface area contributed by atoms with Crippen molar-refractivity contribution in [1.82, 2.24) is 20.2 Å². The third-order valence-corrected chi connectivity index (χ3v) is 7.15. The van der Waals surface area contributed by atoms with Crippen molar-refractivity contribution < 1.29 is 9.53 Å². The lowest BCUT2D eigenvalue weighted by Gasteiger charge is -2.61. The van der Waals surface area contributed by atoms with Crippen LogP contribution < -0.4 is 0 Å². The summed E-state index contributed by atoms with van der Waals surface area (Å²) >= 11 is 1.38. The fraction of sp³-hybridized carbons (Fsp3) is 0.875. The molecule has 23 heavy (non-hydrogen) atoms. The van der Waals surface area contributed by atoms with Crippen LogP contribution in [0.3, 0.4) is 0 Å². The molecule has 126 valence electrons. The van der Waals surface area contributed by atoms with E-state index in [1.165, 1.54) is 18.2 Å². The topological polar surface area (TPSA) is 69.9 Å². The van der Waals surface area contributed by atoms with Gasteiger partial charge >= 0.3 is 5.97 Å². The van der Waals surface area contributed by atoms with Crippen molar-refractivity contribution in [2.24, 2.45) is 23.2 Å². The Kier molecular flexibility index (Phi) is 3.66. The molecule has 0 aromatic carbocycles. The van der Waals surface area contributed by atoms with Gasteiger partial charge in [-0.2, -0.15) is 0 Å². The number of carbonyl (C=O) groups excluding carboxylic acids is 1. The van der Waals surface area contributed by atoms with E-state index in [4.69, 9.17) is 4.74 Å². The highest BCUT2D eigenvalue weighted by Crippen LogP contribution is 2.61. The van der Waals surface area contributed by atoms with Gasteiger partial charge < -0.3 is 4.74 Å². The molecule has 0 aliphatic heterocycles. The van der Waals surface area contributed by atoms with Gasteiger partial charge in [-0.1, -0.05) is 32.5 Å². The molecular weight excluding hydrogens is 312 g/mol. The number of esters is 1. The summed E-state index contributed by atoms with van der Waals surface area (Å²) in [7, 11) is 0. The van der Waals surface area contributed by atoms with Crippen molar-refractivity contribution in [3.8, 4) is 0 Å². The number of rotatable bonds is 5. The second-order valence-corrected chi connectivity index (χ2v) is 8.85. The molecule has 4 aliphatic carbocycles. The highest BCUT2D eigenvalue weighted by Gasteiger charge is 2.57. The first-order valence-corrected chi connectivity index (χ1v) is 9.55. The number of hydrogen-bond acceptors (Lipinski definition) is 6. The first-order chi connectivity index (χ1) is 11.0. The minimum atomic E-state index is -0.142. The van der Waals surface area contributed by atoms with Crippen LogP contribution in [0.15, 0.2) is 5.16 Å². The highest BCUT2D eigenvalue weighted by atomic mass is 32.2. The first kappa shape index (κ1) is 15.4. The third-order valence-electron chi connectivity index (χ3n) is 6.24. The SMILES string of the molecule is CC1C(OC(=O)CSc2nnnn2C2CC2)CC2CC1C2(C)C. The predicted octanol–water partition coefficient (Wildman–Crippen LogP) is 2.71. The van der Waals surface area contributed by atoms with Gasteiger partial charge in [-0.3, -0.25) is 4.79 Å². The Hall–Kier alpha value is -1.11.